The Kier molecular flexibility index (Phi) is 11.1. The number of H-pyrrole nitrogens is 4. The van der Waals surface area contributed by atoms with Crippen molar-refractivity contribution in [1.29, 1.82) is 0 Å². The maximum Gasteiger partial charge on any atom is 0.305 e. The lowest BCUT2D eigenvalue weighted by molar-refractivity contribution is -0.141. The SMILES string of the molecule is CCc1c2[nH]c(c1C)/C=c1\[nH]/c(c(C)c1CC)=C(/c1cc[nH]c1C)C1N=C(C=c3[nH]c(c(C)c3CCC(=O)OC)=C2C2CCNC2C)C(CCC(=O)OC)=C1C. The number of hydrogen-bond acceptors (Lipinski definition) is 6. The smallest absolute Gasteiger partial charge is 0.305 e. The highest BCUT2D eigenvalue weighted by Crippen LogP contribution is 2.36. The number of carbonyl (C=O) groups is 2. The van der Waals surface area contributed by atoms with Crippen molar-refractivity contribution < 1.29 is 19.1 Å². The van der Waals surface area contributed by atoms with Crippen molar-refractivity contribution in [2.75, 3.05) is 20.8 Å². The average Bonchev–Trinajstić information content (AvgIpc) is 4.03. The van der Waals surface area contributed by atoms with Gasteiger partial charge in [-0.05, 0) is 143 Å². The quantitative estimate of drug-likeness (QED) is 0.151. The van der Waals surface area contributed by atoms with Crippen LogP contribution >= 0.6 is 0 Å². The normalized spacial score (nSPS) is 20.9. The van der Waals surface area contributed by atoms with Gasteiger partial charge >= 0.3 is 11.9 Å². The van der Waals surface area contributed by atoms with Crippen LogP contribution in [0.5, 0.6) is 0 Å². The van der Waals surface area contributed by atoms with Gasteiger partial charge in [-0.2, -0.15) is 0 Å². The second-order valence-electron chi connectivity index (χ2n) is 15.8. The minimum atomic E-state index is -0.307. The molecule has 7 heterocycles. The summed E-state index contributed by atoms with van der Waals surface area (Å²) in [7, 11) is 2.88. The molecule has 56 heavy (non-hydrogen) atoms. The number of aliphatic imine (C=N–C) groups is 1. The summed E-state index contributed by atoms with van der Waals surface area (Å²) in [5, 5.41) is 7.90. The van der Waals surface area contributed by atoms with Crippen molar-refractivity contribution in [3.05, 3.63) is 101 Å². The molecular weight excluding hydrogens is 701 g/mol. The predicted molar refractivity (Wildman–Crippen MR) is 224 cm³/mol. The van der Waals surface area contributed by atoms with E-state index in [-0.39, 0.29) is 42.8 Å². The van der Waals surface area contributed by atoms with Gasteiger partial charge in [0.25, 0.3) is 0 Å². The molecule has 3 aliphatic heterocycles. The number of nitrogens with zero attached hydrogens (tertiary/aromatic N) is 1. The summed E-state index contributed by atoms with van der Waals surface area (Å²) in [4.78, 5) is 46.2. The van der Waals surface area contributed by atoms with E-state index in [0.29, 0.717) is 12.8 Å². The highest BCUT2D eigenvalue weighted by Gasteiger charge is 2.33. The zero-order valence-electron chi connectivity index (χ0n) is 34.8. The molecule has 5 N–H and O–H groups in total. The van der Waals surface area contributed by atoms with Crippen molar-refractivity contribution in [2.24, 2.45) is 10.9 Å². The maximum absolute atomic E-state index is 12.7. The van der Waals surface area contributed by atoms with Gasteiger partial charge in [0.2, 0.25) is 0 Å². The van der Waals surface area contributed by atoms with E-state index in [1.165, 1.54) is 47.7 Å². The van der Waals surface area contributed by atoms with E-state index in [1.807, 2.05) is 6.20 Å². The number of ether oxygens (including phenoxy) is 2. The van der Waals surface area contributed by atoms with Gasteiger partial charge in [0.1, 0.15) is 0 Å². The van der Waals surface area contributed by atoms with Crippen molar-refractivity contribution >= 4 is 40.9 Å². The van der Waals surface area contributed by atoms with E-state index in [0.717, 1.165) is 97.7 Å². The van der Waals surface area contributed by atoms with Crippen LogP contribution in [0, 0.1) is 33.6 Å². The van der Waals surface area contributed by atoms with Crippen LogP contribution in [0.15, 0.2) is 28.4 Å². The molecule has 10 nitrogen and oxygen atoms in total. The number of aromatic amines is 4. The first-order valence-corrected chi connectivity index (χ1v) is 20.3. The molecule has 296 valence electrons. The predicted octanol–water partition coefficient (Wildman–Crippen LogP) is 4.57. The average molecular weight is 759 g/mol. The maximum atomic E-state index is 12.7. The standard InChI is InChI=1S/C46H58N6O4/c1-11-29-24(4)43-41(33-17-19-47-27(33)7)44-25(5)31(13-15-39(53)55-9)37(51-44)22-38-32(14-16-40(54)56-10)26(6)45(52-38)42(34-18-20-48-28(34)8)46-30(12-2)23(3)35(49-46)21-36(29)50-43/h17,19,21-22,28,34,44,47-50,52H,11-16,18,20H2,1-10H3/b36-21-,38-22?,43-41-,45-42?. The van der Waals surface area contributed by atoms with Crippen LogP contribution in [0.2, 0.25) is 0 Å². The van der Waals surface area contributed by atoms with Gasteiger partial charge in [0.05, 0.1) is 26.0 Å². The van der Waals surface area contributed by atoms with Crippen LogP contribution in [-0.2, 0) is 38.3 Å². The fourth-order valence-electron chi connectivity index (χ4n) is 9.61. The van der Waals surface area contributed by atoms with E-state index in [2.05, 4.69) is 98.9 Å². The van der Waals surface area contributed by atoms with Crippen LogP contribution in [-0.4, -0.2) is 70.4 Å². The Morgan fingerprint density at radius 1 is 0.804 bits per heavy atom. The molecule has 0 aliphatic carbocycles. The van der Waals surface area contributed by atoms with Crippen LogP contribution in [0.4, 0.5) is 0 Å². The molecule has 3 unspecified atom stereocenters. The zero-order valence-corrected chi connectivity index (χ0v) is 34.8. The van der Waals surface area contributed by atoms with Crippen LogP contribution in [0.25, 0.3) is 23.3 Å². The first kappa shape index (κ1) is 39.2. The van der Waals surface area contributed by atoms with Gasteiger partial charge < -0.3 is 34.7 Å². The number of rotatable bonds is 10. The Hall–Kier alpha value is -5.09. The van der Waals surface area contributed by atoms with Crippen LogP contribution < -0.4 is 26.7 Å². The van der Waals surface area contributed by atoms with Crippen molar-refractivity contribution in [2.45, 2.75) is 112 Å². The van der Waals surface area contributed by atoms with E-state index < -0.39 is 0 Å². The number of aromatic nitrogens is 4. The number of allylic oxidation sites excluding steroid dienone is 1. The fourth-order valence-corrected chi connectivity index (χ4v) is 9.61. The molecule has 0 amide bonds. The summed E-state index contributed by atoms with van der Waals surface area (Å²) in [6.07, 6.45) is 10.7. The molecule has 0 aromatic carbocycles. The van der Waals surface area contributed by atoms with E-state index in [9.17, 15) is 9.59 Å². The lowest BCUT2D eigenvalue weighted by atomic mass is 9.86. The highest BCUT2D eigenvalue weighted by atomic mass is 16.5. The second-order valence-corrected chi connectivity index (χ2v) is 15.8. The van der Waals surface area contributed by atoms with Crippen LogP contribution in [0.1, 0.15) is 109 Å². The Balaban J connectivity index is 1.67. The summed E-state index contributed by atoms with van der Waals surface area (Å²) in [5.41, 5.74) is 17.0. The van der Waals surface area contributed by atoms with Crippen LogP contribution in [0.3, 0.4) is 0 Å². The third-order valence-corrected chi connectivity index (χ3v) is 12.8. The number of fused-ring (bicyclic) bond motifs is 7. The summed E-state index contributed by atoms with van der Waals surface area (Å²) < 4.78 is 10.3. The molecule has 7 rings (SSSR count). The number of esters is 2. The summed E-state index contributed by atoms with van der Waals surface area (Å²) >= 11 is 0. The second kappa shape index (κ2) is 15.8. The van der Waals surface area contributed by atoms with Gasteiger partial charge in [0.15, 0.2) is 0 Å². The molecule has 4 aromatic rings. The van der Waals surface area contributed by atoms with Gasteiger partial charge in [-0.1, -0.05) is 13.8 Å². The molecule has 0 spiro atoms. The summed E-state index contributed by atoms with van der Waals surface area (Å²) in [6.45, 7) is 18.6. The lowest BCUT2D eigenvalue weighted by Crippen LogP contribution is -2.29. The molecule has 0 saturated carbocycles. The van der Waals surface area contributed by atoms with Crippen molar-refractivity contribution in [3.63, 3.8) is 0 Å². The van der Waals surface area contributed by atoms with E-state index >= 15 is 0 Å². The number of nitrogens with one attached hydrogen (secondary N) is 5. The third kappa shape index (κ3) is 6.76. The number of hydrogen-bond donors (Lipinski definition) is 5. The summed E-state index contributed by atoms with van der Waals surface area (Å²) in [6, 6.07) is 2.11. The highest BCUT2D eigenvalue weighted by molar-refractivity contribution is 6.23. The molecular formula is C46H58N6O4. The Bertz CT molecular complexity index is 2530. The fraction of sp³-hybridized carbons (Fsp3) is 0.457. The molecule has 3 atom stereocenters. The first-order chi connectivity index (χ1) is 26.9. The van der Waals surface area contributed by atoms with Crippen molar-refractivity contribution in [3.8, 4) is 0 Å². The van der Waals surface area contributed by atoms with Gasteiger partial charge in [-0.15, -0.1) is 0 Å². The van der Waals surface area contributed by atoms with Crippen molar-refractivity contribution in [1.82, 2.24) is 25.3 Å². The number of methoxy groups -OCH3 is 2. The molecule has 10 heteroatoms. The largest absolute Gasteiger partial charge is 0.469 e. The van der Waals surface area contributed by atoms with E-state index in [4.69, 9.17) is 14.5 Å². The zero-order chi connectivity index (χ0) is 40.0. The van der Waals surface area contributed by atoms with Gasteiger partial charge in [0, 0.05) is 86.2 Å². The third-order valence-electron chi connectivity index (χ3n) is 12.8. The Morgan fingerprint density at radius 3 is 2.05 bits per heavy atom. The molecule has 1 saturated heterocycles. The minimum absolute atomic E-state index is 0.241. The summed E-state index contributed by atoms with van der Waals surface area (Å²) in [5.74, 6) is -0.252. The first-order valence-electron chi connectivity index (χ1n) is 20.3. The lowest BCUT2D eigenvalue weighted by Gasteiger charge is -2.20. The number of carbonyl (C=O) groups excluding carboxylic acids is 2. The molecule has 3 aliphatic rings. The van der Waals surface area contributed by atoms with Gasteiger partial charge in [-0.25, -0.2) is 0 Å². The Labute approximate surface area is 329 Å². The monoisotopic (exact) mass is 758 g/mol. The molecule has 4 aromatic heterocycles. The Morgan fingerprint density at radius 2 is 1.45 bits per heavy atom. The van der Waals surface area contributed by atoms with E-state index in [1.54, 1.807) is 0 Å². The minimum Gasteiger partial charge on any atom is -0.469 e. The topological polar surface area (TPSA) is 140 Å². The van der Waals surface area contributed by atoms with Gasteiger partial charge in [-0.3, -0.25) is 14.6 Å². The molecule has 1 fully saturated rings. The molecule has 0 radical (unpaired) electrons. The molecule has 8 bridgehead atoms. The number of aryl methyl sites for hydroxylation is 1.